The van der Waals surface area contributed by atoms with Crippen molar-refractivity contribution in [1.29, 1.82) is 0 Å². The van der Waals surface area contributed by atoms with Crippen LogP contribution in [0.1, 0.15) is 37.8 Å². The van der Waals surface area contributed by atoms with Crippen molar-refractivity contribution in [2.24, 2.45) is 16.8 Å². The highest BCUT2D eigenvalue weighted by molar-refractivity contribution is 8.15. The number of para-hydroxylation sites is 1. The first-order valence-corrected chi connectivity index (χ1v) is 11.3. The summed E-state index contributed by atoms with van der Waals surface area (Å²) in [7, 11) is 1.50. The number of nitrogens with zero attached hydrogens (tertiary/aromatic N) is 2. The number of carbonyl (C=O) groups is 1. The molecule has 9 heteroatoms. The number of ether oxygens (including phenoxy) is 2. The molecule has 0 saturated heterocycles. The summed E-state index contributed by atoms with van der Waals surface area (Å²) < 4.78 is 39.7. The highest BCUT2D eigenvalue weighted by Crippen LogP contribution is 2.57. The minimum atomic E-state index is -0.984. The predicted molar refractivity (Wildman–Crippen MR) is 121 cm³/mol. The predicted octanol–water partition coefficient (Wildman–Crippen LogP) is 5.07. The van der Waals surface area contributed by atoms with Crippen molar-refractivity contribution in [2.75, 3.05) is 20.3 Å². The normalized spacial score (nSPS) is 21.6. The van der Waals surface area contributed by atoms with E-state index < -0.39 is 22.6 Å². The summed E-state index contributed by atoms with van der Waals surface area (Å²) in [6.45, 7) is 4.40. The van der Waals surface area contributed by atoms with Crippen LogP contribution in [0.3, 0.4) is 0 Å². The number of amides is 1. The Morgan fingerprint density at radius 1 is 1.28 bits per heavy atom. The molecule has 1 spiro atoms. The number of carbonyl (C=O) groups excluding carboxylic acids is 1. The largest absolute Gasteiger partial charge is 0.493 e. The topological polar surface area (TPSA) is 77.1 Å². The zero-order valence-electron chi connectivity index (χ0n) is 18.3. The molecular formula is C23H27F2N3O3S. The maximum atomic E-state index is 14.6. The summed E-state index contributed by atoms with van der Waals surface area (Å²) >= 11 is 1.25. The summed E-state index contributed by atoms with van der Waals surface area (Å²) in [5.74, 6) is -0.579. The van der Waals surface area contributed by atoms with E-state index in [1.165, 1.54) is 23.8 Å². The van der Waals surface area contributed by atoms with E-state index in [-0.39, 0.29) is 23.1 Å². The van der Waals surface area contributed by atoms with E-state index in [1.54, 1.807) is 6.92 Å². The molecule has 2 aromatic rings. The lowest BCUT2D eigenvalue weighted by Crippen LogP contribution is -2.46. The smallest absolute Gasteiger partial charge is 0.432 e. The number of thioether (sulfide) groups is 1. The SMILES string of the molecule is CCOC(=O)N1N=C(c2cc(F)ccc2F)S[C@@]12c1ccccc1OCCC2CC.CN. The van der Waals surface area contributed by atoms with Gasteiger partial charge in [-0.25, -0.2) is 13.6 Å². The van der Waals surface area contributed by atoms with Crippen LogP contribution in [-0.2, 0) is 9.61 Å². The molecule has 0 fully saturated rings. The van der Waals surface area contributed by atoms with E-state index in [0.29, 0.717) is 18.8 Å². The van der Waals surface area contributed by atoms with E-state index in [9.17, 15) is 13.6 Å². The molecule has 2 aliphatic rings. The van der Waals surface area contributed by atoms with Crippen molar-refractivity contribution < 1.29 is 23.0 Å². The van der Waals surface area contributed by atoms with Crippen molar-refractivity contribution in [3.63, 3.8) is 0 Å². The molecule has 4 rings (SSSR count). The molecule has 2 N–H and O–H groups in total. The summed E-state index contributed by atoms with van der Waals surface area (Å²) in [5, 5.41) is 6.00. The summed E-state index contributed by atoms with van der Waals surface area (Å²) in [6, 6.07) is 10.7. The molecule has 2 atom stereocenters. The molecule has 2 aliphatic heterocycles. The molecule has 172 valence electrons. The van der Waals surface area contributed by atoms with Crippen molar-refractivity contribution in [2.45, 2.75) is 31.6 Å². The second-order valence-electron chi connectivity index (χ2n) is 7.08. The van der Waals surface area contributed by atoms with Crippen molar-refractivity contribution in [1.82, 2.24) is 5.01 Å². The van der Waals surface area contributed by atoms with Crippen LogP contribution in [0.4, 0.5) is 13.6 Å². The molecular weight excluding hydrogens is 436 g/mol. The molecule has 1 unspecified atom stereocenters. The Hall–Kier alpha value is -2.65. The summed E-state index contributed by atoms with van der Waals surface area (Å²) in [5.41, 5.74) is 5.28. The van der Waals surface area contributed by atoms with Gasteiger partial charge in [-0.2, -0.15) is 10.1 Å². The average Bonchev–Trinajstić information content (AvgIpc) is 3.13. The fraction of sp³-hybridized carbons (Fsp3) is 0.391. The molecule has 0 aliphatic carbocycles. The van der Waals surface area contributed by atoms with Gasteiger partial charge in [0.25, 0.3) is 0 Å². The van der Waals surface area contributed by atoms with Gasteiger partial charge in [0.05, 0.1) is 13.2 Å². The third-order valence-electron chi connectivity index (χ3n) is 5.40. The Labute approximate surface area is 190 Å². The maximum Gasteiger partial charge on any atom is 0.432 e. The molecule has 32 heavy (non-hydrogen) atoms. The number of halogens is 2. The first kappa shape index (κ1) is 24.0. The number of fused-ring (bicyclic) bond motifs is 2. The Kier molecular flexibility index (Phi) is 7.73. The summed E-state index contributed by atoms with van der Waals surface area (Å²) in [6.07, 6.45) is 0.768. The monoisotopic (exact) mass is 463 g/mol. The molecule has 0 bridgehead atoms. The van der Waals surface area contributed by atoms with Gasteiger partial charge < -0.3 is 15.2 Å². The Balaban J connectivity index is 0.00000141. The van der Waals surface area contributed by atoms with Crippen LogP contribution in [0.2, 0.25) is 0 Å². The van der Waals surface area contributed by atoms with Crippen molar-refractivity contribution >= 4 is 22.9 Å². The standard InChI is InChI=1S/C22H22F2N2O3S.CH5N/c1-3-14-11-12-29-19-8-6-5-7-17(19)22(14)26(21(27)28-4-2)25-20(30-22)16-13-15(23)9-10-18(16)24;1-2/h5-10,13-14H,3-4,11-12H2,1-2H3;2H2,1H3/t14?,22-;/m0./s1. The van der Waals surface area contributed by atoms with Crippen LogP contribution in [0.5, 0.6) is 5.75 Å². The minimum absolute atomic E-state index is 0.0173. The van der Waals surface area contributed by atoms with Gasteiger partial charge in [-0.05, 0) is 51.1 Å². The molecule has 2 heterocycles. The first-order chi connectivity index (χ1) is 15.5. The van der Waals surface area contributed by atoms with E-state index in [2.05, 4.69) is 10.8 Å². The maximum absolute atomic E-state index is 14.6. The molecule has 2 aromatic carbocycles. The molecule has 6 nitrogen and oxygen atoms in total. The lowest BCUT2D eigenvalue weighted by Gasteiger charge is -2.40. The minimum Gasteiger partial charge on any atom is -0.493 e. The highest BCUT2D eigenvalue weighted by Gasteiger charge is 2.56. The highest BCUT2D eigenvalue weighted by atomic mass is 32.2. The Morgan fingerprint density at radius 3 is 2.75 bits per heavy atom. The van der Waals surface area contributed by atoms with Crippen LogP contribution in [0.15, 0.2) is 47.6 Å². The fourth-order valence-electron chi connectivity index (χ4n) is 4.03. The summed E-state index contributed by atoms with van der Waals surface area (Å²) in [4.78, 5) is 12.0. The first-order valence-electron chi connectivity index (χ1n) is 10.5. The van der Waals surface area contributed by atoms with Crippen LogP contribution in [0.25, 0.3) is 0 Å². The molecule has 0 radical (unpaired) electrons. The fourth-order valence-corrected chi connectivity index (χ4v) is 5.64. The second kappa shape index (κ2) is 10.3. The van der Waals surface area contributed by atoms with Crippen molar-refractivity contribution in [3.8, 4) is 5.75 Å². The number of nitrogens with two attached hydrogens (primary N) is 1. The lowest BCUT2D eigenvalue weighted by molar-refractivity contribution is 0.0642. The van der Waals surface area contributed by atoms with Gasteiger partial charge in [-0.1, -0.05) is 36.9 Å². The zero-order valence-corrected chi connectivity index (χ0v) is 19.1. The lowest BCUT2D eigenvalue weighted by atomic mass is 9.87. The van der Waals surface area contributed by atoms with Crippen molar-refractivity contribution in [3.05, 3.63) is 65.2 Å². The van der Waals surface area contributed by atoms with Gasteiger partial charge in [-0.3, -0.25) is 0 Å². The van der Waals surface area contributed by atoms with E-state index in [1.807, 2.05) is 31.2 Å². The van der Waals surface area contributed by atoms with Gasteiger partial charge in [0, 0.05) is 17.0 Å². The third kappa shape index (κ3) is 4.19. The van der Waals surface area contributed by atoms with E-state index >= 15 is 0 Å². The third-order valence-corrected chi connectivity index (χ3v) is 6.93. The van der Waals surface area contributed by atoms with Crippen LogP contribution in [-0.4, -0.2) is 36.4 Å². The van der Waals surface area contributed by atoms with Gasteiger partial charge in [0.1, 0.15) is 22.4 Å². The molecule has 0 saturated carbocycles. The number of hydrogen-bond acceptors (Lipinski definition) is 6. The quantitative estimate of drug-likeness (QED) is 0.688. The number of benzene rings is 2. The van der Waals surface area contributed by atoms with Gasteiger partial charge in [-0.15, -0.1) is 0 Å². The molecule has 0 aromatic heterocycles. The molecule has 1 amide bonds. The number of rotatable bonds is 3. The number of hydrazone groups is 1. The second-order valence-corrected chi connectivity index (χ2v) is 8.29. The average molecular weight is 464 g/mol. The van der Waals surface area contributed by atoms with E-state index in [4.69, 9.17) is 9.47 Å². The van der Waals surface area contributed by atoms with Crippen LogP contribution in [0, 0.1) is 17.6 Å². The van der Waals surface area contributed by atoms with E-state index in [0.717, 1.165) is 30.2 Å². The Morgan fingerprint density at radius 2 is 2.03 bits per heavy atom. The van der Waals surface area contributed by atoms with Gasteiger partial charge >= 0.3 is 6.09 Å². The number of hydrogen-bond donors (Lipinski definition) is 1. The van der Waals surface area contributed by atoms with Crippen LogP contribution >= 0.6 is 11.8 Å². The van der Waals surface area contributed by atoms with Gasteiger partial charge in [0.2, 0.25) is 0 Å². The van der Waals surface area contributed by atoms with Crippen LogP contribution < -0.4 is 10.5 Å². The van der Waals surface area contributed by atoms with Gasteiger partial charge in [0.15, 0.2) is 4.87 Å². The zero-order chi connectivity index (χ0) is 23.3. The Bertz CT molecular complexity index is 1000.